The Kier molecular flexibility index (Phi) is 3.69. The molecular formula is C9H19N3O. The standard InChI is InChI=1S/C9H19N3O/c1-12-5-2-3-7(4-6-12)8(10)9(11)13/h7-8H,2-6,10H2,1H3,(H2,11,13). The lowest BCUT2D eigenvalue weighted by Gasteiger charge is -2.19. The maximum Gasteiger partial charge on any atom is 0.234 e. The number of rotatable bonds is 2. The minimum absolute atomic E-state index is 0.280. The van der Waals surface area contributed by atoms with Crippen LogP contribution >= 0.6 is 0 Å². The van der Waals surface area contributed by atoms with E-state index >= 15 is 0 Å². The molecule has 0 aliphatic carbocycles. The van der Waals surface area contributed by atoms with Gasteiger partial charge in [-0.25, -0.2) is 0 Å². The van der Waals surface area contributed by atoms with E-state index in [-0.39, 0.29) is 11.8 Å². The number of nitrogens with zero attached hydrogens (tertiary/aromatic N) is 1. The number of hydrogen-bond acceptors (Lipinski definition) is 3. The molecule has 4 N–H and O–H groups in total. The van der Waals surface area contributed by atoms with Crippen molar-refractivity contribution in [1.29, 1.82) is 0 Å². The highest BCUT2D eigenvalue weighted by Crippen LogP contribution is 2.18. The summed E-state index contributed by atoms with van der Waals surface area (Å²) in [5, 5.41) is 0. The van der Waals surface area contributed by atoms with E-state index in [1.54, 1.807) is 0 Å². The second-order valence-corrected chi connectivity index (χ2v) is 3.92. The van der Waals surface area contributed by atoms with Gasteiger partial charge >= 0.3 is 0 Å². The quantitative estimate of drug-likeness (QED) is 0.611. The van der Waals surface area contributed by atoms with Crippen molar-refractivity contribution in [2.75, 3.05) is 20.1 Å². The van der Waals surface area contributed by atoms with Crippen molar-refractivity contribution in [3.05, 3.63) is 0 Å². The van der Waals surface area contributed by atoms with Crippen molar-refractivity contribution < 1.29 is 4.79 Å². The molecule has 1 amide bonds. The lowest BCUT2D eigenvalue weighted by molar-refractivity contribution is -0.120. The van der Waals surface area contributed by atoms with Crippen LogP contribution in [0, 0.1) is 5.92 Å². The van der Waals surface area contributed by atoms with Gasteiger partial charge in [-0.3, -0.25) is 4.79 Å². The van der Waals surface area contributed by atoms with Crippen LogP contribution in [0.4, 0.5) is 0 Å². The van der Waals surface area contributed by atoms with Crippen LogP contribution in [0.3, 0.4) is 0 Å². The average molecular weight is 185 g/mol. The lowest BCUT2D eigenvalue weighted by atomic mass is 9.92. The molecule has 0 radical (unpaired) electrons. The van der Waals surface area contributed by atoms with E-state index < -0.39 is 6.04 Å². The van der Waals surface area contributed by atoms with Gasteiger partial charge in [0.1, 0.15) is 0 Å². The number of nitrogens with two attached hydrogens (primary N) is 2. The van der Waals surface area contributed by atoms with Crippen molar-refractivity contribution in [1.82, 2.24) is 4.90 Å². The lowest BCUT2D eigenvalue weighted by Crippen LogP contribution is -2.42. The van der Waals surface area contributed by atoms with Crippen molar-refractivity contribution >= 4 is 5.91 Å². The summed E-state index contributed by atoms with van der Waals surface area (Å²) >= 11 is 0. The zero-order valence-electron chi connectivity index (χ0n) is 8.20. The molecule has 1 aliphatic rings. The zero-order valence-corrected chi connectivity index (χ0v) is 8.20. The van der Waals surface area contributed by atoms with Gasteiger partial charge in [-0.2, -0.15) is 0 Å². The van der Waals surface area contributed by atoms with E-state index in [1.807, 2.05) is 0 Å². The maximum absolute atomic E-state index is 10.9. The van der Waals surface area contributed by atoms with Crippen LogP contribution in [0.25, 0.3) is 0 Å². The molecule has 1 fully saturated rings. The summed E-state index contributed by atoms with van der Waals surface area (Å²) < 4.78 is 0. The Balaban J connectivity index is 2.46. The van der Waals surface area contributed by atoms with Crippen LogP contribution in [0.1, 0.15) is 19.3 Å². The fourth-order valence-electron chi connectivity index (χ4n) is 1.86. The van der Waals surface area contributed by atoms with Crippen molar-refractivity contribution in [2.24, 2.45) is 17.4 Å². The summed E-state index contributed by atoms with van der Waals surface area (Å²) in [6.07, 6.45) is 3.12. The largest absolute Gasteiger partial charge is 0.368 e. The molecule has 1 rings (SSSR count). The highest BCUT2D eigenvalue weighted by molar-refractivity contribution is 5.79. The minimum atomic E-state index is -0.452. The van der Waals surface area contributed by atoms with Gasteiger partial charge in [-0.1, -0.05) is 0 Å². The molecule has 2 unspecified atom stereocenters. The molecule has 1 heterocycles. The fraction of sp³-hybridized carbons (Fsp3) is 0.889. The first-order valence-corrected chi connectivity index (χ1v) is 4.84. The van der Waals surface area contributed by atoms with Crippen LogP contribution < -0.4 is 11.5 Å². The first kappa shape index (κ1) is 10.5. The summed E-state index contributed by atoms with van der Waals surface area (Å²) in [6.45, 7) is 2.12. The second kappa shape index (κ2) is 4.58. The molecule has 1 aliphatic heterocycles. The Morgan fingerprint density at radius 2 is 2.15 bits per heavy atom. The third-order valence-electron chi connectivity index (χ3n) is 2.83. The third kappa shape index (κ3) is 2.97. The minimum Gasteiger partial charge on any atom is -0.368 e. The number of amides is 1. The fourth-order valence-corrected chi connectivity index (χ4v) is 1.86. The molecule has 76 valence electrons. The molecule has 2 atom stereocenters. The summed E-state index contributed by atoms with van der Waals surface area (Å²) in [7, 11) is 2.10. The van der Waals surface area contributed by atoms with E-state index in [0.29, 0.717) is 0 Å². The first-order valence-electron chi connectivity index (χ1n) is 4.84. The van der Waals surface area contributed by atoms with Gasteiger partial charge in [0, 0.05) is 0 Å². The maximum atomic E-state index is 10.9. The zero-order chi connectivity index (χ0) is 9.84. The number of hydrogen-bond donors (Lipinski definition) is 2. The van der Waals surface area contributed by atoms with Gasteiger partial charge in [0.15, 0.2) is 0 Å². The molecule has 0 bridgehead atoms. The predicted molar refractivity (Wildman–Crippen MR) is 52.0 cm³/mol. The Morgan fingerprint density at radius 3 is 2.77 bits per heavy atom. The Morgan fingerprint density at radius 1 is 1.46 bits per heavy atom. The Bertz CT molecular complexity index is 184. The van der Waals surface area contributed by atoms with Gasteiger partial charge in [0.05, 0.1) is 6.04 Å². The monoisotopic (exact) mass is 185 g/mol. The van der Waals surface area contributed by atoms with Gasteiger partial charge in [-0.15, -0.1) is 0 Å². The van der Waals surface area contributed by atoms with Crippen LogP contribution in [-0.4, -0.2) is 37.0 Å². The normalized spacial score (nSPS) is 28.0. The third-order valence-corrected chi connectivity index (χ3v) is 2.83. The topological polar surface area (TPSA) is 72.3 Å². The van der Waals surface area contributed by atoms with Gasteiger partial charge in [0.2, 0.25) is 5.91 Å². The Labute approximate surface area is 79.3 Å². The van der Waals surface area contributed by atoms with E-state index in [4.69, 9.17) is 11.5 Å². The number of likely N-dealkylation sites (tertiary alicyclic amines) is 1. The molecule has 0 spiro atoms. The van der Waals surface area contributed by atoms with Gasteiger partial charge in [0.25, 0.3) is 0 Å². The highest BCUT2D eigenvalue weighted by atomic mass is 16.1. The summed E-state index contributed by atoms with van der Waals surface area (Å²) in [5.74, 6) is -0.0861. The SMILES string of the molecule is CN1CCCC(C(N)C(N)=O)CC1. The summed E-state index contributed by atoms with van der Waals surface area (Å²) in [4.78, 5) is 13.1. The van der Waals surface area contributed by atoms with Crippen molar-refractivity contribution in [3.63, 3.8) is 0 Å². The van der Waals surface area contributed by atoms with E-state index in [0.717, 1.165) is 32.4 Å². The number of primary amides is 1. The van der Waals surface area contributed by atoms with E-state index in [1.165, 1.54) is 0 Å². The van der Waals surface area contributed by atoms with Crippen LogP contribution in [0.2, 0.25) is 0 Å². The molecular weight excluding hydrogens is 166 g/mol. The van der Waals surface area contributed by atoms with Gasteiger partial charge < -0.3 is 16.4 Å². The smallest absolute Gasteiger partial charge is 0.234 e. The molecule has 0 aromatic rings. The van der Waals surface area contributed by atoms with Crippen LogP contribution in [-0.2, 0) is 4.79 Å². The van der Waals surface area contributed by atoms with E-state index in [2.05, 4.69) is 11.9 Å². The predicted octanol–water partition coefficient (Wildman–Crippen LogP) is -0.469. The van der Waals surface area contributed by atoms with Crippen molar-refractivity contribution in [3.8, 4) is 0 Å². The number of carbonyl (C=O) groups excluding carboxylic acids is 1. The second-order valence-electron chi connectivity index (χ2n) is 3.92. The molecule has 13 heavy (non-hydrogen) atoms. The molecule has 1 saturated heterocycles. The van der Waals surface area contributed by atoms with Crippen molar-refractivity contribution in [2.45, 2.75) is 25.3 Å². The highest BCUT2D eigenvalue weighted by Gasteiger charge is 2.24. The summed E-state index contributed by atoms with van der Waals surface area (Å²) in [5.41, 5.74) is 10.9. The van der Waals surface area contributed by atoms with Gasteiger partial charge in [-0.05, 0) is 45.3 Å². The molecule has 4 nitrogen and oxygen atoms in total. The van der Waals surface area contributed by atoms with Crippen LogP contribution in [0.15, 0.2) is 0 Å². The van der Waals surface area contributed by atoms with E-state index in [9.17, 15) is 4.79 Å². The molecule has 0 aromatic carbocycles. The summed E-state index contributed by atoms with van der Waals surface area (Å²) in [6, 6.07) is -0.452. The molecule has 0 saturated carbocycles. The average Bonchev–Trinajstić information content (AvgIpc) is 2.28. The number of carbonyl (C=O) groups is 1. The first-order chi connectivity index (χ1) is 6.11. The molecule has 0 aromatic heterocycles. The van der Waals surface area contributed by atoms with Crippen LogP contribution in [0.5, 0.6) is 0 Å². The molecule has 4 heteroatoms. The Hall–Kier alpha value is -0.610.